The molecule has 7 heteroatoms. The molecule has 0 aliphatic carbocycles. The smallest absolute Gasteiger partial charge is 0.239 e. The van der Waals surface area contributed by atoms with Gasteiger partial charge in [-0.1, -0.05) is 0 Å². The van der Waals surface area contributed by atoms with Crippen molar-refractivity contribution < 1.29 is 0 Å². The van der Waals surface area contributed by atoms with Crippen LogP contribution in [0.5, 0.6) is 0 Å². The number of nitrogen functional groups attached to an aromatic ring is 1. The Kier molecular flexibility index (Phi) is 4.39. The SMILES string of the molecule is Cc1cc2c(SCCN(C)C)nc(NN)nc2s1. The predicted octanol–water partition coefficient (Wildman–Crippen LogP) is 1.94. The van der Waals surface area contributed by atoms with Crippen LogP contribution in [0.3, 0.4) is 0 Å². The van der Waals surface area contributed by atoms with Crippen molar-refractivity contribution in [1.82, 2.24) is 14.9 Å². The Balaban J connectivity index is 2.28. The molecule has 2 heterocycles. The molecule has 5 nitrogen and oxygen atoms in total. The number of thioether (sulfide) groups is 1. The summed E-state index contributed by atoms with van der Waals surface area (Å²) >= 11 is 3.40. The van der Waals surface area contributed by atoms with Crippen molar-refractivity contribution in [1.29, 1.82) is 0 Å². The molecule has 0 amide bonds. The summed E-state index contributed by atoms with van der Waals surface area (Å²) in [5.41, 5.74) is 2.53. The second kappa shape index (κ2) is 5.83. The van der Waals surface area contributed by atoms with Crippen LogP contribution in [0.25, 0.3) is 10.2 Å². The van der Waals surface area contributed by atoms with Crippen molar-refractivity contribution in [3.63, 3.8) is 0 Å². The van der Waals surface area contributed by atoms with Gasteiger partial charge in [-0.25, -0.2) is 15.8 Å². The molecule has 0 saturated heterocycles. The number of nitrogens with one attached hydrogen (secondary N) is 1. The van der Waals surface area contributed by atoms with Crippen LogP contribution in [0.15, 0.2) is 11.1 Å². The highest BCUT2D eigenvalue weighted by Crippen LogP contribution is 2.31. The minimum atomic E-state index is 0.483. The minimum absolute atomic E-state index is 0.483. The van der Waals surface area contributed by atoms with Gasteiger partial charge in [0.1, 0.15) is 9.86 Å². The van der Waals surface area contributed by atoms with Crippen LogP contribution >= 0.6 is 23.1 Å². The Morgan fingerprint density at radius 1 is 1.44 bits per heavy atom. The van der Waals surface area contributed by atoms with Crippen molar-refractivity contribution in [2.75, 3.05) is 31.8 Å². The van der Waals surface area contributed by atoms with Crippen molar-refractivity contribution >= 4 is 39.3 Å². The monoisotopic (exact) mass is 283 g/mol. The standard InChI is InChI=1S/C11H17N5S2/c1-7-6-8-9(17-5-4-16(2)3)13-11(15-12)14-10(8)18-7/h6H,4-5,12H2,1-3H3,(H,13,14,15). The van der Waals surface area contributed by atoms with Crippen LogP contribution in [-0.4, -0.2) is 41.3 Å². The third-order valence-electron chi connectivity index (χ3n) is 2.39. The molecule has 0 fully saturated rings. The van der Waals surface area contributed by atoms with Gasteiger partial charge in [0.25, 0.3) is 0 Å². The summed E-state index contributed by atoms with van der Waals surface area (Å²) in [5, 5.41) is 2.12. The number of anilines is 1. The van der Waals surface area contributed by atoms with E-state index < -0.39 is 0 Å². The fourth-order valence-electron chi connectivity index (χ4n) is 1.52. The first-order chi connectivity index (χ1) is 8.60. The van der Waals surface area contributed by atoms with E-state index >= 15 is 0 Å². The van der Waals surface area contributed by atoms with E-state index in [1.165, 1.54) is 4.88 Å². The molecule has 0 saturated carbocycles. The quantitative estimate of drug-likeness (QED) is 0.378. The number of rotatable bonds is 5. The van der Waals surface area contributed by atoms with E-state index in [0.29, 0.717) is 5.95 Å². The lowest BCUT2D eigenvalue weighted by Gasteiger charge is -2.09. The first-order valence-electron chi connectivity index (χ1n) is 5.62. The summed E-state index contributed by atoms with van der Waals surface area (Å²) in [4.78, 5) is 13.2. The lowest BCUT2D eigenvalue weighted by Crippen LogP contribution is -2.15. The van der Waals surface area contributed by atoms with Crippen LogP contribution < -0.4 is 11.3 Å². The number of thiophene rings is 1. The van der Waals surface area contributed by atoms with Gasteiger partial charge in [0.05, 0.1) is 0 Å². The normalized spacial score (nSPS) is 11.4. The number of hydrazine groups is 1. The largest absolute Gasteiger partial charge is 0.309 e. The Bertz CT molecular complexity index is 537. The number of nitrogens with zero attached hydrogens (tertiary/aromatic N) is 3. The van der Waals surface area contributed by atoms with E-state index in [1.807, 2.05) is 0 Å². The number of fused-ring (bicyclic) bond motifs is 1. The van der Waals surface area contributed by atoms with Gasteiger partial charge in [0.15, 0.2) is 0 Å². The molecule has 3 N–H and O–H groups in total. The molecule has 2 aromatic rings. The molecular weight excluding hydrogens is 266 g/mol. The lowest BCUT2D eigenvalue weighted by atomic mass is 10.4. The van der Waals surface area contributed by atoms with E-state index in [0.717, 1.165) is 27.5 Å². The highest BCUT2D eigenvalue weighted by Gasteiger charge is 2.10. The van der Waals surface area contributed by atoms with Crippen molar-refractivity contribution in [3.05, 3.63) is 10.9 Å². The summed E-state index contributed by atoms with van der Waals surface area (Å²) in [7, 11) is 4.13. The van der Waals surface area contributed by atoms with E-state index in [-0.39, 0.29) is 0 Å². The Hall–Kier alpha value is -0.890. The summed E-state index contributed by atoms with van der Waals surface area (Å²) in [6.07, 6.45) is 0. The van der Waals surface area contributed by atoms with E-state index in [1.54, 1.807) is 23.1 Å². The van der Waals surface area contributed by atoms with Crippen LogP contribution in [0.4, 0.5) is 5.95 Å². The molecule has 2 aromatic heterocycles. The lowest BCUT2D eigenvalue weighted by molar-refractivity contribution is 0.437. The zero-order valence-corrected chi connectivity index (χ0v) is 12.4. The highest BCUT2D eigenvalue weighted by molar-refractivity contribution is 7.99. The number of hydrogen-bond acceptors (Lipinski definition) is 7. The molecule has 0 spiro atoms. The van der Waals surface area contributed by atoms with Gasteiger partial charge in [-0.15, -0.1) is 23.1 Å². The minimum Gasteiger partial charge on any atom is -0.309 e. The first kappa shape index (κ1) is 13.5. The van der Waals surface area contributed by atoms with Gasteiger partial charge < -0.3 is 4.90 Å². The summed E-state index contributed by atoms with van der Waals surface area (Å²) in [5.74, 6) is 6.89. The Labute approximate surface area is 115 Å². The number of nitrogens with two attached hydrogens (primary N) is 1. The maximum absolute atomic E-state index is 5.41. The molecule has 0 aliphatic rings. The fourth-order valence-corrected chi connectivity index (χ4v) is 3.57. The second-order valence-electron chi connectivity index (χ2n) is 4.22. The molecule has 0 radical (unpaired) electrons. The Morgan fingerprint density at radius 3 is 2.89 bits per heavy atom. The predicted molar refractivity (Wildman–Crippen MR) is 79.2 cm³/mol. The molecular formula is C11H17N5S2. The van der Waals surface area contributed by atoms with Crippen molar-refractivity contribution in [2.24, 2.45) is 5.84 Å². The molecule has 0 unspecified atom stereocenters. The van der Waals surface area contributed by atoms with Crippen LogP contribution in [0.1, 0.15) is 4.88 Å². The molecule has 0 bridgehead atoms. The van der Waals surface area contributed by atoms with E-state index in [2.05, 4.69) is 47.4 Å². The van der Waals surface area contributed by atoms with Crippen molar-refractivity contribution in [3.8, 4) is 0 Å². The summed E-state index contributed by atoms with van der Waals surface area (Å²) in [6.45, 7) is 3.10. The number of aromatic nitrogens is 2. The van der Waals surface area contributed by atoms with Crippen molar-refractivity contribution in [2.45, 2.75) is 11.9 Å². The third kappa shape index (κ3) is 3.11. The third-order valence-corrected chi connectivity index (χ3v) is 4.30. The number of aryl methyl sites for hydroxylation is 1. The van der Waals surface area contributed by atoms with Gasteiger partial charge in [-0.2, -0.15) is 0 Å². The van der Waals surface area contributed by atoms with Gasteiger partial charge in [-0.05, 0) is 27.1 Å². The van der Waals surface area contributed by atoms with Gasteiger partial charge in [0.2, 0.25) is 5.95 Å². The average molecular weight is 283 g/mol. The highest BCUT2D eigenvalue weighted by atomic mass is 32.2. The molecule has 0 atom stereocenters. The molecule has 2 rings (SSSR count). The Morgan fingerprint density at radius 2 is 2.22 bits per heavy atom. The van der Waals surface area contributed by atoms with Gasteiger partial charge in [0, 0.05) is 22.6 Å². The maximum Gasteiger partial charge on any atom is 0.239 e. The van der Waals surface area contributed by atoms with E-state index in [4.69, 9.17) is 5.84 Å². The average Bonchev–Trinajstić information content (AvgIpc) is 2.68. The summed E-state index contributed by atoms with van der Waals surface area (Å²) < 4.78 is 0. The van der Waals surface area contributed by atoms with Crippen LogP contribution in [-0.2, 0) is 0 Å². The molecule has 18 heavy (non-hydrogen) atoms. The zero-order valence-electron chi connectivity index (χ0n) is 10.7. The van der Waals surface area contributed by atoms with Gasteiger partial charge in [-0.3, -0.25) is 5.43 Å². The van der Waals surface area contributed by atoms with Crippen LogP contribution in [0, 0.1) is 6.92 Å². The second-order valence-corrected chi connectivity index (χ2v) is 6.54. The number of hydrogen-bond donors (Lipinski definition) is 2. The molecule has 98 valence electrons. The summed E-state index contributed by atoms with van der Waals surface area (Å²) in [6, 6.07) is 2.14. The maximum atomic E-state index is 5.41. The first-order valence-corrected chi connectivity index (χ1v) is 7.42. The van der Waals surface area contributed by atoms with Crippen LogP contribution in [0.2, 0.25) is 0 Å². The zero-order chi connectivity index (χ0) is 13.1. The molecule has 0 aliphatic heterocycles. The van der Waals surface area contributed by atoms with E-state index in [9.17, 15) is 0 Å². The molecule has 0 aromatic carbocycles. The fraction of sp³-hybridized carbons (Fsp3) is 0.455. The topological polar surface area (TPSA) is 67.1 Å². The van der Waals surface area contributed by atoms with Gasteiger partial charge >= 0.3 is 0 Å².